The summed E-state index contributed by atoms with van der Waals surface area (Å²) >= 11 is 0. The molecular formula is C24H33N3O5S. The van der Waals surface area contributed by atoms with Gasteiger partial charge in [0.2, 0.25) is 21.8 Å². The number of anilines is 1. The van der Waals surface area contributed by atoms with E-state index in [1.54, 1.807) is 38.3 Å². The van der Waals surface area contributed by atoms with Gasteiger partial charge in [0.1, 0.15) is 11.8 Å². The van der Waals surface area contributed by atoms with Gasteiger partial charge in [0.05, 0.1) is 19.1 Å². The first-order valence-corrected chi connectivity index (χ1v) is 12.7. The Balaban J connectivity index is 2.15. The van der Waals surface area contributed by atoms with Crippen LogP contribution in [0.25, 0.3) is 0 Å². The number of rotatable bonds is 12. The molecule has 8 nitrogen and oxygen atoms in total. The summed E-state index contributed by atoms with van der Waals surface area (Å²) in [6.07, 6.45) is 1.57. The number of likely N-dealkylation sites (N-methyl/N-ethyl adjacent to an activating group) is 1. The van der Waals surface area contributed by atoms with Crippen molar-refractivity contribution in [3.8, 4) is 5.75 Å². The maximum atomic E-state index is 13.2. The zero-order chi connectivity index (χ0) is 24.4. The lowest BCUT2D eigenvalue weighted by Crippen LogP contribution is -2.47. The highest BCUT2D eigenvalue weighted by Crippen LogP contribution is 2.19. The van der Waals surface area contributed by atoms with E-state index in [-0.39, 0.29) is 31.3 Å². The van der Waals surface area contributed by atoms with Gasteiger partial charge in [0.25, 0.3) is 0 Å². The number of para-hydroxylation sites is 1. The van der Waals surface area contributed by atoms with E-state index in [1.165, 1.54) is 9.21 Å². The second kappa shape index (κ2) is 12.2. The molecule has 0 aliphatic rings. The molecule has 0 saturated carbocycles. The zero-order valence-corrected chi connectivity index (χ0v) is 20.5. The number of carbonyl (C=O) groups is 2. The molecule has 0 aromatic heterocycles. The molecule has 0 spiro atoms. The van der Waals surface area contributed by atoms with Crippen molar-refractivity contribution in [1.82, 2.24) is 10.2 Å². The topological polar surface area (TPSA) is 96.0 Å². The van der Waals surface area contributed by atoms with Crippen LogP contribution in [0.5, 0.6) is 5.75 Å². The van der Waals surface area contributed by atoms with Crippen LogP contribution in [0.4, 0.5) is 5.69 Å². The molecule has 2 aromatic carbocycles. The first-order valence-electron chi connectivity index (χ1n) is 10.9. The number of benzene rings is 2. The van der Waals surface area contributed by atoms with Crippen molar-refractivity contribution in [2.45, 2.75) is 39.3 Å². The smallest absolute Gasteiger partial charge is 0.242 e. The summed E-state index contributed by atoms with van der Waals surface area (Å²) in [6, 6.07) is 15.4. The molecule has 1 atom stereocenters. The summed E-state index contributed by atoms with van der Waals surface area (Å²) < 4.78 is 31.1. The molecule has 0 heterocycles. The lowest BCUT2D eigenvalue weighted by atomic mass is 10.1. The summed E-state index contributed by atoms with van der Waals surface area (Å²) in [7, 11) is -1.93. The molecule has 2 aromatic rings. The third-order valence-corrected chi connectivity index (χ3v) is 6.40. The maximum absolute atomic E-state index is 13.2. The van der Waals surface area contributed by atoms with Crippen LogP contribution in [0.15, 0.2) is 54.6 Å². The zero-order valence-electron chi connectivity index (χ0n) is 19.7. The van der Waals surface area contributed by atoms with E-state index in [9.17, 15) is 18.0 Å². The van der Waals surface area contributed by atoms with Crippen molar-refractivity contribution in [3.05, 3.63) is 60.2 Å². The van der Waals surface area contributed by atoms with Crippen molar-refractivity contribution >= 4 is 27.5 Å². The van der Waals surface area contributed by atoms with Crippen molar-refractivity contribution in [2.75, 3.05) is 30.8 Å². The maximum Gasteiger partial charge on any atom is 0.242 e. The third-order valence-electron chi connectivity index (χ3n) is 5.20. The molecule has 180 valence electrons. The Morgan fingerprint density at radius 1 is 1.09 bits per heavy atom. The number of amides is 2. The first kappa shape index (κ1) is 26.2. The molecule has 9 heteroatoms. The van der Waals surface area contributed by atoms with Crippen LogP contribution in [0.3, 0.4) is 0 Å². The van der Waals surface area contributed by atoms with Gasteiger partial charge in [-0.05, 0) is 50.1 Å². The average molecular weight is 476 g/mol. The molecule has 0 saturated heterocycles. The highest BCUT2D eigenvalue weighted by molar-refractivity contribution is 7.92. The Kier molecular flexibility index (Phi) is 9.72. The normalized spacial score (nSPS) is 12.0. The van der Waals surface area contributed by atoms with Gasteiger partial charge in [-0.2, -0.15) is 0 Å². The Morgan fingerprint density at radius 2 is 1.79 bits per heavy atom. The van der Waals surface area contributed by atoms with E-state index in [2.05, 4.69) is 5.32 Å². The number of nitrogens with one attached hydrogen (secondary N) is 1. The fraction of sp³-hybridized carbons (Fsp3) is 0.417. The second-order valence-corrected chi connectivity index (χ2v) is 9.62. The van der Waals surface area contributed by atoms with Gasteiger partial charge in [0.15, 0.2) is 0 Å². The van der Waals surface area contributed by atoms with Gasteiger partial charge < -0.3 is 15.0 Å². The van der Waals surface area contributed by atoms with Crippen LogP contribution in [-0.2, 0) is 26.2 Å². The minimum atomic E-state index is -3.50. The van der Waals surface area contributed by atoms with Crippen LogP contribution < -0.4 is 14.4 Å². The Bertz CT molecular complexity index is 1030. The second-order valence-electron chi connectivity index (χ2n) is 7.72. The van der Waals surface area contributed by atoms with Crippen molar-refractivity contribution in [1.29, 1.82) is 0 Å². The molecule has 1 N–H and O–H groups in total. The minimum absolute atomic E-state index is 0.104. The quantitative estimate of drug-likeness (QED) is 0.509. The molecule has 0 aliphatic heterocycles. The van der Waals surface area contributed by atoms with Gasteiger partial charge in [-0.3, -0.25) is 13.9 Å². The fourth-order valence-electron chi connectivity index (χ4n) is 3.47. The minimum Gasteiger partial charge on any atom is -0.497 e. The van der Waals surface area contributed by atoms with Gasteiger partial charge in [-0.1, -0.05) is 30.3 Å². The molecule has 2 amide bonds. The van der Waals surface area contributed by atoms with Crippen molar-refractivity contribution in [2.24, 2.45) is 0 Å². The third kappa shape index (κ3) is 7.78. The van der Waals surface area contributed by atoms with Crippen molar-refractivity contribution in [3.63, 3.8) is 0 Å². The number of sulfonamides is 1. The summed E-state index contributed by atoms with van der Waals surface area (Å²) in [4.78, 5) is 27.2. The molecule has 33 heavy (non-hydrogen) atoms. The summed E-state index contributed by atoms with van der Waals surface area (Å²) in [5.74, 6) is 0.200. The lowest BCUT2D eigenvalue weighted by molar-refractivity contribution is -0.140. The summed E-state index contributed by atoms with van der Waals surface area (Å²) in [6.45, 7) is 4.38. The number of ether oxygens (including phenoxy) is 1. The molecule has 2 rings (SSSR count). The average Bonchev–Trinajstić information content (AvgIpc) is 2.79. The SMILES string of the molecule is CCNC(=O)C(C)N(Cc1cccc(OC)c1)C(=O)CCCN(c1ccccc1)S(C)(=O)=O. The molecule has 0 aliphatic carbocycles. The van der Waals surface area contributed by atoms with Crippen molar-refractivity contribution < 1.29 is 22.7 Å². The van der Waals surface area contributed by atoms with E-state index in [0.29, 0.717) is 24.4 Å². The van der Waals surface area contributed by atoms with Gasteiger partial charge in [-0.25, -0.2) is 8.42 Å². The highest BCUT2D eigenvalue weighted by atomic mass is 32.2. The molecule has 0 radical (unpaired) electrons. The number of carbonyl (C=O) groups excluding carboxylic acids is 2. The fourth-order valence-corrected chi connectivity index (χ4v) is 4.44. The molecule has 0 fully saturated rings. The van der Waals surface area contributed by atoms with E-state index in [4.69, 9.17) is 4.74 Å². The first-order chi connectivity index (χ1) is 15.7. The Hall–Kier alpha value is -3.07. The van der Waals surface area contributed by atoms with Crippen LogP contribution in [0.2, 0.25) is 0 Å². The highest BCUT2D eigenvalue weighted by Gasteiger charge is 2.26. The van der Waals surface area contributed by atoms with E-state index in [0.717, 1.165) is 11.8 Å². The van der Waals surface area contributed by atoms with Gasteiger partial charge >= 0.3 is 0 Å². The van der Waals surface area contributed by atoms with E-state index >= 15 is 0 Å². The van der Waals surface area contributed by atoms with Crippen LogP contribution in [0.1, 0.15) is 32.3 Å². The van der Waals surface area contributed by atoms with Gasteiger partial charge in [0, 0.05) is 26.1 Å². The summed E-state index contributed by atoms with van der Waals surface area (Å²) in [5.41, 5.74) is 1.39. The Morgan fingerprint density at radius 3 is 2.39 bits per heavy atom. The van der Waals surface area contributed by atoms with E-state index in [1.807, 2.05) is 37.3 Å². The van der Waals surface area contributed by atoms with Crippen LogP contribution in [-0.4, -0.2) is 57.6 Å². The number of hydrogen-bond acceptors (Lipinski definition) is 5. The monoisotopic (exact) mass is 475 g/mol. The summed E-state index contributed by atoms with van der Waals surface area (Å²) in [5, 5.41) is 2.76. The number of nitrogens with zero attached hydrogens (tertiary/aromatic N) is 2. The molecular weight excluding hydrogens is 442 g/mol. The van der Waals surface area contributed by atoms with Crippen LogP contribution >= 0.6 is 0 Å². The van der Waals surface area contributed by atoms with E-state index < -0.39 is 16.1 Å². The largest absolute Gasteiger partial charge is 0.497 e. The molecule has 0 bridgehead atoms. The predicted octanol–water partition coefficient (Wildman–Crippen LogP) is 2.79. The number of hydrogen-bond donors (Lipinski definition) is 1. The lowest BCUT2D eigenvalue weighted by Gasteiger charge is -2.29. The molecule has 1 unspecified atom stereocenters. The number of methoxy groups -OCH3 is 1. The predicted molar refractivity (Wildman–Crippen MR) is 130 cm³/mol. The standard InChI is InChI=1S/C24H33N3O5S/c1-5-25-24(29)19(2)26(18-20-11-9-14-22(17-20)32-3)23(28)15-10-16-27(33(4,30)31)21-12-7-6-8-13-21/h6-9,11-14,17,19H,5,10,15-16,18H2,1-4H3,(H,25,29). The Labute approximate surface area is 196 Å². The van der Waals surface area contributed by atoms with Crippen LogP contribution in [0, 0.1) is 0 Å². The van der Waals surface area contributed by atoms with Gasteiger partial charge in [-0.15, -0.1) is 0 Å².